The predicted octanol–water partition coefficient (Wildman–Crippen LogP) is 6.71. The second kappa shape index (κ2) is 10.2. The molecule has 0 bridgehead atoms. The number of fused-ring (bicyclic) bond motifs is 1. The van der Waals surface area contributed by atoms with E-state index in [2.05, 4.69) is 35.6 Å². The van der Waals surface area contributed by atoms with Crippen LogP contribution in [0.4, 0.5) is 0 Å². The number of nitrogens with zero attached hydrogens (tertiary/aromatic N) is 1. The van der Waals surface area contributed by atoms with Crippen molar-refractivity contribution in [3.8, 4) is 16.3 Å². The van der Waals surface area contributed by atoms with E-state index >= 15 is 0 Å². The molecule has 1 N–H and O–H groups in total. The minimum Gasteiger partial charge on any atom is -0.484 e. The zero-order chi connectivity index (χ0) is 22.5. The van der Waals surface area contributed by atoms with Gasteiger partial charge in [-0.1, -0.05) is 67.8 Å². The molecule has 3 aromatic carbocycles. The molecule has 1 fully saturated rings. The van der Waals surface area contributed by atoms with Crippen LogP contribution in [-0.4, -0.2) is 17.5 Å². The molecule has 5 rings (SSSR count). The number of amides is 1. The van der Waals surface area contributed by atoms with Crippen LogP contribution in [0.3, 0.4) is 0 Å². The lowest BCUT2D eigenvalue weighted by atomic mass is 9.84. The number of aromatic nitrogens is 1. The van der Waals surface area contributed by atoms with Gasteiger partial charge in [-0.25, -0.2) is 4.98 Å². The van der Waals surface area contributed by atoms with Gasteiger partial charge in [0.05, 0.1) is 10.2 Å². The van der Waals surface area contributed by atoms with Crippen molar-refractivity contribution in [3.05, 3.63) is 83.9 Å². The largest absolute Gasteiger partial charge is 0.484 e. The fraction of sp³-hybridized carbons (Fsp3) is 0.286. The van der Waals surface area contributed by atoms with Gasteiger partial charge in [-0.05, 0) is 54.2 Å². The topological polar surface area (TPSA) is 51.2 Å². The fourth-order valence-electron chi connectivity index (χ4n) is 4.43. The van der Waals surface area contributed by atoms with E-state index < -0.39 is 0 Å². The molecular weight excluding hydrogens is 428 g/mol. The first kappa shape index (κ1) is 21.7. The average Bonchev–Trinajstić information content (AvgIpc) is 3.32. The van der Waals surface area contributed by atoms with Crippen LogP contribution in [0.15, 0.2) is 72.8 Å². The van der Waals surface area contributed by atoms with Gasteiger partial charge in [0.2, 0.25) is 0 Å². The number of thiazole rings is 1. The molecule has 4 aromatic rings. The number of carbonyl (C=O) groups excluding carboxylic acids is 1. The highest BCUT2D eigenvalue weighted by molar-refractivity contribution is 7.21. The van der Waals surface area contributed by atoms with E-state index in [0.717, 1.165) is 27.4 Å². The lowest BCUT2D eigenvalue weighted by Crippen LogP contribution is -2.28. The Morgan fingerprint density at radius 1 is 0.939 bits per heavy atom. The number of nitrogens with one attached hydrogen (secondary N) is 1. The molecule has 0 spiro atoms. The molecule has 1 saturated carbocycles. The second-order valence-corrected chi connectivity index (χ2v) is 9.68. The summed E-state index contributed by atoms with van der Waals surface area (Å²) in [6.45, 7) is 0.496. The smallest absolute Gasteiger partial charge is 0.258 e. The Balaban J connectivity index is 1.10. The Bertz CT molecular complexity index is 1180. The molecule has 0 saturated heterocycles. The Labute approximate surface area is 198 Å². The fourth-order valence-corrected chi connectivity index (χ4v) is 5.40. The Hall–Kier alpha value is -3.18. The number of benzene rings is 3. The standard InChI is InChI=1S/C28H28N2O2S/c31-27(19-32-24-16-14-22(15-17-24)21-6-2-1-3-7-21)29-18-20-10-12-23(13-11-20)28-30-25-8-4-5-9-26(25)33-28/h4-5,8-17,21H,1-3,6-7,18-19H2,(H,29,31). The van der Waals surface area contributed by atoms with Gasteiger partial charge >= 0.3 is 0 Å². The maximum absolute atomic E-state index is 12.2. The van der Waals surface area contributed by atoms with E-state index in [4.69, 9.17) is 9.72 Å². The van der Waals surface area contributed by atoms with Gasteiger partial charge in [0, 0.05) is 12.1 Å². The molecule has 168 valence electrons. The van der Waals surface area contributed by atoms with E-state index in [1.165, 1.54) is 42.4 Å². The van der Waals surface area contributed by atoms with E-state index in [-0.39, 0.29) is 12.5 Å². The van der Waals surface area contributed by atoms with E-state index in [0.29, 0.717) is 12.5 Å². The molecule has 4 nitrogen and oxygen atoms in total. The summed E-state index contributed by atoms with van der Waals surface area (Å²) in [7, 11) is 0. The first-order chi connectivity index (χ1) is 16.2. The molecule has 0 atom stereocenters. The van der Waals surface area contributed by atoms with Crippen molar-refractivity contribution < 1.29 is 9.53 Å². The highest BCUT2D eigenvalue weighted by Crippen LogP contribution is 2.33. The quantitative estimate of drug-likeness (QED) is 0.336. The highest BCUT2D eigenvalue weighted by Gasteiger charge is 2.15. The summed E-state index contributed by atoms with van der Waals surface area (Å²) in [5.74, 6) is 1.30. The van der Waals surface area contributed by atoms with Crippen LogP contribution < -0.4 is 10.1 Å². The van der Waals surface area contributed by atoms with Crippen molar-refractivity contribution in [2.24, 2.45) is 0 Å². The van der Waals surface area contributed by atoms with Gasteiger partial charge in [0.15, 0.2) is 6.61 Å². The van der Waals surface area contributed by atoms with Crippen molar-refractivity contribution >= 4 is 27.5 Å². The molecule has 1 aliphatic carbocycles. The highest BCUT2D eigenvalue weighted by atomic mass is 32.1. The summed E-state index contributed by atoms with van der Waals surface area (Å²) >= 11 is 1.69. The Morgan fingerprint density at radius 2 is 1.70 bits per heavy atom. The van der Waals surface area contributed by atoms with Gasteiger partial charge in [0.1, 0.15) is 10.8 Å². The number of hydrogen-bond acceptors (Lipinski definition) is 4. The van der Waals surface area contributed by atoms with Gasteiger partial charge in [0.25, 0.3) is 5.91 Å². The summed E-state index contributed by atoms with van der Waals surface area (Å²) in [5.41, 5.74) is 4.55. The van der Waals surface area contributed by atoms with Gasteiger partial charge in [-0.2, -0.15) is 0 Å². The third-order valence-corrected chi connectivity index (χ3v) is 7.40. The van der Waals surface area contributed by atoms with Crippen LogP contribution in [0.25, 0.3) is 20.8 Å². The van der Waals surface area contributed by atoms with E-state index in [9.17, 15) is 4.79 Å². The van der Waals surface area contributed by atoms with Crippen LogP contribution in [0.2, 0.25) is 0 Å². The minimum absolute atomic E-state index is 0.0204. The summed E-state index contributed by atoms with van der Waals surface area (Å²) in [5, 5.41) is 3.95. The SMILES string of the molecule is O=C(COc1ccc(C2CCCCC2)cc1)NCc1ccc(-c2nc3ccccc3s2)cc1. The number of para-hydroxylation sites is 1. The molecule has 0 unspecified atom stereocenters. The van der Waals surface area contributed by atoms with E-state index in [1.807, 2.05) is 42.5 Å². The minimum atomic E-state index is -0.124. The molecule has 1 heterocycles. The summed E-state index contributed by atoms with van der Waals surface area (Å²) in [4.78, 5) is 17.0. The zero-order valence-electron chi connectivity index (χ0n) is 18.6. The van der Waals surface area contributed by atoms with Crippen LogP contribution >= 0.6 is 11.3 Å². The monoisotopic (exact) mass is 456 g/mol. The first-order valence-electron chi connectivity index (χ1n) is 11.7. The average molecular weight is 457 g/mol. The van der Waals surface area contributed by atoms with Crippen LogP contribution in [0.1, 0.15) is 49.1 Å². The molecule has 0 aliphatic heterocycles. The lowest BCUT2D eigenvalue weighted by molar-refractivity contribution is -0.123. The lowest BCUT2D eigenvalue weighted by Gasteiger charge is -2.22. The van der Waals surface area contributed by atoms with Crippen LogP contribution in [-0.2, 0) is 11.3 Å². The van der Waals surface area contributed by atoms with Crippen molar-refractivity contribution in [2.75, 3.05) is 6.61 Å². The number of ether oxygens (including phenoxy) is 1. The Kier molecular flexibility index (Phi) is 6.68. The summed E-state index contributed by atoms with van der Waals surface area (Å²) < 4.78 is 6.87. The van der Waals surface area contributed by atoms with Gasteiger partial charge < -0.3 is 10.1 Å². The van der Waals surface area contributed by atoms with Crippen molar-refractivity contribution in [2.45, 2.75) is 44.6 Å². The first-order valence-corrected chi connectivity index (χ1v) is 12.5. The summed E-state index contributed by atoms with van der Waals surface area (Å²) in [6, 6.07) is 24.6. The van der Waals surface area contributed by atoms with Crippen molar-refractivity contribution in [1.29, 1.82) is 0 Å². The van der Waals surface area contributed by atoms with Crippen LogP contribution in [0.5, 0.6) is 5.75 Å². The molecule has 1 amide bonds. The Morgan fingerprint density at radius 3 is 2.45 bits per heavy atom. The normalized spacial score (nSPS) is 14.3. The second-order valence-electron chi connectivity index (χ2n) is 8.65. The van der Waals surface area contributed by atoms with E-state index in [1.54, 1.807) is 11.3 Å². The van der Waals surface area contributed by atoms with Crippen molar-refractivity contribution in [1.82, 2.24) is 10.3 Å². The maximum Gasteiger partial charge on any atom is 0.258 e. The molecule has 5 heteroatoms. The van der Waals surface area contributed by atoms with Gasteiger partial charge in [-0.15, -0.1) is 11.3 Å². The van der Waals surface area contributed by atoms with Gasteiger partial charge in [-0.3, -0.25) is 4.79 Å². The molecule has 1 aliphatic rings. The molecule has 33 heavy (non-hydrogen) atoms. The summed E-state index contributed by atoms with van der Waals surface area (Å²) in [6.07, 6.45) is 6.58. The molecular formula is C28H28N2O2S. The zero-order valence-corrected chi connectivity index (χ0v) is 19.4. The predicted molar refractivity (Wildman–Crippen MR) is 135 cm³/mol. The molecule has 0 radical (unpaired) electrons. The van der Waals surface area contributed by atoms with Crippen molar-refractivity contribution in [3.63, 3.8) is 0 Å². The number of carbonyl (C=O) groups is 1. The number of hydrogen-bond donors (Lipinski definition) is 1. The van der Waals surface area contributed by atoms with Crippen LogP contribution in [0, 0.1) is 0 Å². The maximum atomic E-state index is 12.2. The third-order valence-electron chi connectivity index (χ3n) is 6.31. The molecule has 1 aromatic heterocycles. The third kappa shape index (κ3) is 5.42. The number of rotatable bonds is 7.